The van der Waals surface area contributed by atoms with Crippen LogP contribution in [-0.4, -0.2) is 34.7 Å². The SMILES string of the molecule is CCN(Cc1ccc(OC)c(F)c1)C(=O)c1[nH]ncc1N. The topological polar surface area (TPSA) is 84.2 Å². The third-order valence-corrected chi connectivity index (χ3v) is 3.14. The zero-order valence-electron chi connectivity index (χ0n) is 11.9. The summed E-state index contributed by atoms with van der Waals surface area (Å²) in [5, 5.41) is 6.30. The Labute approximate surface area is 121 Å². The highest BCUT2D eigenvalue weighted by atomic mass is 19.1. The molecule has 1 amide bonds. The van der Waals surface area contributed by atoms with Crippen molar-refractivity contribution in [2.45, 2.75) is 13.5 Å². The number of nitrogens with two attached hydrogens (primary N) is 1. The van der Waals surface area contributed by atoms with E-state index in [4.69, 9.17) is 10.5 Å². The van der Waals surface area contributed by atoms with Gasteiger partial charge in [0.2, 0.25) is 0 Å². The van der Waals surface area contributed by atoms with Gasteiger partial charge in [-0.25, -0.2) is 4.39 Å². The first-order valence-corrected chi connectivity index (χ1v) is 6.47. The number of halogens is 1. The van der Waals surface area contributed by atoms with Crippen molar-refractivity contribution in [3.05, 3.63) is 41.5 Å². The molecule has 7 heteroatoms. The van der Waals surface area contributed by atoms with Gasteiger partial charge < -0.3 is 15.4 Å². The summed E-state index contributed by atoms with van der Waals surface area (Å²) in [7, 11) is 1.40. The van der Waals surface area contributed by atoms with E-state index in [1.165, 1.54) is 25.4 Å². The molecule has 0 bridgehead atoms. The summed E-state index contributed by atoms with van der Waals surface area (Å²) in [6.45, 7) is 2.57. The van der Waals surface area contributed by atoms with Crippen molar-refractivity contribution in [2.75, 3.05) is 19.4 Å². The van der Waals surface area contributed by atoms with E-state index >= 15 is 0 Å². The monoisotopic (exact) mass is 292 g/mol. The van der Waals surface area contributed by atoms with Crippen LogP contribution >= 0.6 is 0 Å². The van der Waals surface area contributed by atoms with E-state index in [-0.39, 0.29) is 23.9 Å². The molecule has 1 aromatic heterocycles. The van der Waals surface area contributed by atoms with Gasteiger partial charge in [0.25, 0.3) is 5.91 Å². The van der Waals surface area contributed by atoms with Gasteiger partial charge in [0.15, 0.2) is 11.6 Å². The number of aromatic nitrogens is 2. The number of H-pyrrole nitrogens is 1. The van der Waals surface area contributed by atoms with Crippen LogP contribution in [0.4, 0.5) is 10.1 Å². The van der Waals surface area contributed by atoms with Crippen LogP contribution in [0.2, 0.25) is 0 Å². The number of aromatic amines is 1. The molecule has 0 atom stereocenters. The second-order valence-electron chi connectivity index (χ2n) is 4.49. The maximum absolute atomic E-state index is 13.7. The van der Waals surface area contributed by atoms with E-state index in [0.29, 0.717) is 17.8 Å². The number of ether oxygens (including phenoxy) is 1. The normalized spacial score (nSPS) is 10.4. The summed E-state index contributed by atoms with van der Waals surface area (Å²) in [6.07, 6.45) is 1.38. The average Bonchev–Trinajstić information content (AvgIpc) is 2.90. The Bertz CT molecular complexity index is 642. The van der Waals surface area contributed by atoms with Crippen molar-refractivity contribution in [3.8, 4) is 5.75 Å². The molecule has 0 radical (unpaired) electrons. The highest BCUT2D eigenvalue weighted by molar-refractivity contribution is 5.96. The van der Waals surface area contributed by atoms with Gasteiger partial charge >= 0.3 is 0 Å². The summed E-state index contributed by atoms with van der Waals surface area (Å²) in [6, 6.07) is 4.60. The first-order valence-electron chi connectivity index (χ1n) is 6.47. The minimum absolute atomic E-state index is 0.172. The summed E-state index contributed by atoms with van der Waals surface area (Å²) in [5.74, 6) is -0.561. The van der Waals surface area contributed by atoms with Crippen LogP contribution in [0, 0.1) is 5.82 Å². The molecule has 2 rings (SSSR count). The molecule has 0 aliphatic heterocycles. The van der Waals surface area contributed by atoms with Gasteiger partial charge in [-0.2, -0.15) is 5.10 Å². The molecule has 112 valence electrons. The van der Waals surface area contributed by atoms with Crippen molar-refractivity contribution < 1.29 is 13.9 Å². The van der Waals surface area contributed by atoms with E-state index in [1.54, 1.807) is 11.0 Å². The van der Waals surface area contributed by atoms with Crippen LogP contribution in [0.25, 0.3) is 0 Å². The van der Waals surface area contributed by atoms with Crippen molar-refractivity contribution >= 4 is 11.6 Å². The van der Waals surface area contributed by atoms with Crippen molar-refractivity contribution in [1.82, 2.24) is 15.1 Å². The Morgan fingerprint density at radius 3 is 2.81 bits per heavy atom. The standard InChI is InChI=1S/C14H17FN4O2/c1-3-19(14(20)13-11(16)7-17-18-13)8-9-4-5-12(21-2)10(15)6-9/h4-7H,3,8,16H2,1-2H3,(H,17,18). The van der Waals surface area contributed by atoms with Gasteiger partial charge in [0, 0.05) is 13.1 Å². The van der Waals surface area contributed by atoms with Gasteiger partial charge in [-0.15, -0.1) is 0 Å². The highest BCUT2D eigenvalue weighted by Gasteiger charge is 2.19. The van der Waals surface area contributed by atoms with E-state index < -0.39 is 5.82 Å². The summed E-state index contributed by atoms with van der Waals surface area (Å²) >= 11 is 0. The Morgan fingerprint density at radius 2 is 2.29 bits per heavy atom. The molecule has 0 fully saturated rings. The molecule has 0 spiro atoms. The third kappa shape index (κ3) is 3.13. The molecule has 0 saturated heterocycles. The largest absolute Gasteiger partial charge is 0.494 e. The summed E-state index contributed by atoms with van der Waals surface area (Å²) in [4.78, 5) is 13.9. The zero-order valence-corrected chi connectivity index (χ0v) is 11.9. The number of carbonyl (C=O) groups excluding carboxylic acids is 1. The van der Waals surface area contributed by atoms with Crippen LogP contribution in [0.15, 0.2) is 24.4 Å². The first-order chi connectivity index (χ1) is 10.1. The lowest BCUT2D eigenvalue weighted by Crippen LogP contribution is -2.31. The summed E-state index contributed by atoms with van der Waals surface area (Å²) < 4.78 is 18.5. The van der Waals surface area contributed by atoms with Crippen LogP contribution < -0.4 is 10.5 Å². The minimum atomic E-state index is -0.459. The van der Waals surface area contributed by atoms with Crippen molar-refractivity contribution in [1.29, 1.82) is 0 Å². The fraction of sp³-hybridized carbons (Fsp3) is 0.286. The second kappa shape index (κ2) is 6.25. The molecule has 0 unspecified atom stereocenters. The van der Waals surface area contributed by atoms with Crippen LogP contribution in [0.1, 0.15) is 23.0 Å². The fourth-order valence-electron chi connectivity index (χ4n) is 1.98. The lowest BCUT2D eigenvalue weighted by Gasteiger charge is -2.20. The molecule has 3 N–H and O–H groups in total. The Kier molecular flexibility index (Phi) is 4.42. The third-order valence-electron chi connectivity index (χ3n) is 3.14. The maximum atomic E-state index is 13.7. The van der Waals surface area contributed by atoms with Crippen LogP contribution in [-0.2, 0) is 6.54 Å². The number of benzene rings is 1. The lowest BCUT2D eigenvalue weighted by atomic mass is 10.2. The second-order valence-corrected chi connectivity index (χ2v) is 4.49. The number of rotatable bonds is 5. The molecule has 0 aliphatic rings. The number of anilines is 1. The summed E-state index contributed by atoms with van der Waals surface area (Å²) in [5.41, 5.74) is 6.87. The van der Waals surface area contributed by atoms with Crippen molar-refractivity contribution in [3.63, 3.8) is 0 Å². The van der Waals surface area contributed by atoms with E-state index in [9.17, 15) is 9.18 Å². The number of hydrogen-bond donors (Lipinski definition) is 2. The van der Waals surface area contributed by atoms with E-state index in [1.807, 2.05) is 6.92 Å². The van der Waals surface area contributed by atoms with E-state index in [2.05, 4.69) is 10.2 Å². The molecule has 0 saturated carbocycles. The number of carbonyl (C=O) groups is 1. The zero-order chi connectivity index (χ0) is 15.4. The molecule has 0 aliphatic carbocycles. The Balaban J connectivity index is 2.18. The van der Waals surface area contributed by atoms with Gasteiger partial charge in [-0.1, -0.05) is 6.07 Å². The molecule has 2 aromatic rings. The molecular weight excluding hydrogens is 275 g/mol. The fourth-order valence-corrected chi connectivity index (χ4v) is 1.98. The minimum Gasteiger partial charge on any atom is -0.494 e. The van der Waals surface area contributed by atoms with E-state index in [0.717, 1.165) is 0 Å². The average molecular weight is 292 g/mol. The molecular formula is C14H17FN4O2. The number of amides is 1. The molecule has 1 aromatic carbocycles. The van der Waals surface area contributed by atoms with Gasteiger partial charge in [-0.3, -0.25) is 9.89 Å². The lowest BCUT2D eigenvalue weighted by molar-refractivity contribution is 0.0747. The van der Waals surface area contributed by atoms with Gasteiger partial charge in [-0.05, 0) is 24.6 Å². The van der Waals surface area contributed by atoms with Crippen LogP contribution in [0.3, 0.4) is 0 Å². The molecule has 6 nitrogen and oxygen atoms in total. The Morgan fingerprint density at radius 1 is 1.52 bits per heavy atom. The van der Waals surface area contributed by atoms with Gasteiger partial charge in [0.05, 0.1) is 19.0 Å². The van der Waals surface area contributed by atoms with Gasteiger partial charge in [0.1, 0.15) is 5.69 Å². The first kappa shape index (κ1) is 14.8. The number of methoxy groups -OCH3 is 1. The quantitative estimate of drug-likeness (QED) is 0.880. The number of nitrogens with zero attached hydrogens (tertiary/aromatic N) is 2. The number of nitrogens with one attached hydrogen (secondary N) is 1. The smallest absolute Gasteiger partial charge is 0.274 e. The van der Waals surface area contributed by atoms with Crippen molar-refractivity contribution in [2.24, 2.45) is 0 Å². The molecule has 1 heterocycles. The number of nitrogen functional groups attached to an aromatic ring is 1. The molecule has 21 heavy (non-hydrogen) atoms. The maximum Gasteiger partial charge on any atom is 0.274 e. The number of hydrogen-bond acceptors (Lipinski definition) is 4. The van der Waals surface area contributed by atoms with Crippen LogP contribution in [0.5, 0.6) is 5.75 Å². The Hall–Kier alpha value is -2.57. The predicted octanol–water partition coefficient (Wildman–Crippen LogP) is 1.80. The predicted molar refractivity (Wildman–Crippen MR) is 76.4 cm³/mol. The highest BCUT2D eigenvalue weighted by Crippen LogP contribution is 2.19.